The number of aryl methyl sites for hydroxylation is 1. The second-order valence-electron chi connectivity index (χ2n) is 10.3. The van der Waals surface area contributed by atoms with Gasteiger partial charge in [0, 0.05) is 40.4 Å². The van der Waals surface area contributed by atoms with Gasteiger partial charge >= 0.3 is 0 Å². The van der Waals surface area contributed by atoms with Crippen molar-refractivity contribution >= 4 is 23.1 Å². The average Bonchev–Trinajstić information content (AvgIpc) is 2.84. The maximum Gasteiger partial charge on any atom is 0.162 e. The van der Waals surface area contributed by atoms with Gasteiger partial charge in [-0.15, -0.1) is 0 Å². The number of aliphatic hydroxyl groups is 1. The number of rotatable bonds is 3. The Morgan fingerprint density at radius 3 is 2.14 bits per heavy atom. The van der Waals surface area contributed by atoms with E-state index in [0.29, 0.717) is 29.6 Å². The molecule has 0 aromatic heterocycles. The Morgan fingerprint density at radius 2 is 1.51 bits per heavy atom. The average molecular weight is 463 g/mol. The summed E-state index contributed by atoms with van der Waals surface area (Å²) in [5.74, 6) is -0.197. The van der Waals surface area contributed by atoms with E-state index in [0.717, 1.165) is 22.5 Å². The van der Waals surface area contributed by atoms with Crippen LogP contribution in [0.5, 0.6) is 0 Å². The molecule has 0 saturated heterocycles. The lowest BCUT2D eigenvalue weighted by atomic mass is 9.67. The molecule has 35 heavy (non-hydrogen) atoms. The first kappa shape index (κ1) is 22.9. The largest absolute Gasteiger partial charge is 0.507 e. The van der Waals surface area contributed by atoms with Crippen molar-refractivity contribution in [2.24, 2.45) is 5.41 Å². The molecule has 0 amide bonds. The summed E-state index contributed by atoms with van der Waals surface area (Å²) < 4.78 is 0. The predicted octanol–water partition coefficient (Wildman–Crippen LogP) is 7.19. The molecular formula is C31H30N2O2. The summed E-state index contributed by atoms with van der Waals surface area (Å²) in [4.78, 5) is 15.7. The number of aliphatic hydroxyl groups excluding tert-OH is 1. The van der Waals surface area contributed by atoms with E-state index in [-0.39, 0.29) is 22.8 Å². The molecule has 0 spiro atoms. The van der Waals surface area contributed by atoms with Crippen LogP contribution in [0.15, 0.2) is 102 Å². The molecule has 1 atom stereocenters. The van der Waals surface area contributed by atoms with E-state index in [1.165, 1.54) is 0 Å². The molecule has 5 rings (SSSR count). The fraction of sp³-hybridized carbons (Fsp3) is 0.226. The third-order valence-corrected chi connectivity index (χ3v) is 6.95. The summed E-state index contributed by atoms with van der Waals surface area (Å²) in [7, 11) is 0. The molecule has 0 fully saturated rings. The van der Waals surface area contributed by atoms with Crippen molar-refractivity contribution in [2.45, 2.75) is 39.5 Å². The third kappa shape index (κ3) is 4.10. The summed E-state index contributed by atoms with van der Waals surface area (Å²) in [6.07, 6.45) is 1.11. The van der Waals surface area contributed by atoms with E-state index in [4.69, 9.17) is 0 Å². The van der Waals surface area contributed by atoms with E-state index in [2.05, 4.69) is 13.8 Å². The van der Waals surface area contributed by atoms with Crippen molar-refractivity contribution < 1.29 is 9.90 Å². The van der Waals surface area contributed by atoms with Gasteiger partial charge in [0.1, 0.15) is 11.6 Å². The smallest absolute Gasteiger partial charge is 0.162 e. The van der Waals surface area contributed by atoms with Gasteiger partial charge < -0.3 is 5.11 Å². The zero-order chi connectivity index (χ0) is 24.7. The maximum absolute atomic E-state index is 13.8. The van der Waals surface area contributed by atoms with Gasteiger partial charge in [-0.3, -0.25) is 15.1 Å². The van der Waals surface area contributed by atoms with Crippen LogP contribution in [0.4, 0.5) is 5.69 Å². The van der Waals surface area contributed by atoms with Gasteiger partial charge in [0.2, 0.25) is 0 Å². The molecule has 4 heteroatoms. The van der Waals surface area contributed by atoms with Gasteiger partial charge in [0.15, 0.2) is 5.78 Å². The molecule has 0 unspecified atom stereocenters. The van der Waals surface area contributed by atoms with Crippen LogP contribution in [0.1, 0.15) is 49.3 Å². The number of Topliss-reactive ketones (excluding diaryl/α,β-unsaturated/α-hetero) is 1. The van der Waals surface area contributed by atoms with Crippen molar-refractivity contribution in [1.29, 1.82) is 5.41 Å². The molecule has 3 aromatic carbocycles. The fourth-order valence-corrected chi connectivity index (χ4v) is 5.32. The highest BCUT2D eigenvalue weighted by molar-refractivity contribution is 6.19. The quantitative estimate of drug-likeness (QED) is 0.405. The number of para-hydroxylation sites is 1. The zero-order valence-corrected chi connectivity index (χ0v) is 20.4. The Morgan fingerprint density at radius 1 is 0.914 bits per heavy atom. The molecule has 3 aromatic rings. The highest BCUT2D eigenvalue weighted by atomic mass is 16.3. The van der Waals surface area contributed by atoms with Crippen LogP contribution in [0, 0.1) is 17.7 Å². The number of ketones is 1. The minimum absolute atomic E-state index is 0.0361. The molecule has 2 N–H and O–H groups in total. The molecule has 4 nitrogen and oxygen atoms in total. The Labute approximate surface area is 206 Å². The first-order valence-electron chi connectivity index (χ1n) is 12.0. The van der Waals surface area contributed by atoms with Gasteiger partial charge in [0.05, 0.1) is 0 Å². The second kappa shape index (κ2) is 8.70. The lowest BCUT2D eigenvalue weighted by Gasteiger charge is -2.45. The van der Waals surface area contributed by atoms with Gasteiger partial charge in [0.25, 0.3) is 0 Å². The van der Waals surface area contributed by atoms with E-state index in [1.54, 1.807) is 0 Å². The molecule has 1 aliphatic heterocycles. The number of benzene rings is 3. The SMILES string of the molecule is Cc1ccc(/C(O)=C2\C(=N)N(c3ccccc3)C3=C(C(=O)CC(C)(C)C3)[C@H]2c2ccccc2)cc1. The van der Waals surface area contributed by atoms with Crippen LogP contribution in [0.3, 0.4) is 0 Å². The number of nitrogens with one attached hydrogen (secondary N) is 1. The minimum atomic E-state index is -0.511. The minimum Gasteiger partial charge on any atom is -0.507 e. The van der Waals surface area contributed by atoms with Crippen molar-refractivity contribution in [3.8, 4) is 0 Å². The summed E-state index contributed by atoms with van der Waals surface area (Å²) in [6, 6.07) is 27.2. The van der Waals surface area contributed by atoms with Crippen molar-refractivity contribution in [3.63, 3.8) is 0 Å². The standard InChI is InChI=1S/C31H30N2O2/c1-20-14-16-22(17-15-20)29(35)28-26(21-10-6-4-7-11-21)27-24(18-31(2,3)19-25(27)34)33(30(28)32)23-12-8-5-9-13-23/h4-17,26,32,35H,18-19H2,1-3H3/b29-28+,32-30?/t26-/m1/s1. The van der Waals surface area contributed by atoms with E-state index in [1.807, 2.05) is 96.8 Å². The zero-order valence-electron chi connectivity index (χ0n) is 20.4. The van der Waals surface area contributed by atoms with Crippen molar-refractivity contribution in [2.75, 3.05) is 4.90 Å². The van der Waals surface area contributed by atoms with Crippen LogP contribution in [-0.2, 0) is 4.79 Å². The summed E-state index contributed by atoms with van der Waals surface area (Å²) in [5.41, 5.74) is 5.22. The highest BCUT2D eigenvalue weighted by Crippen LogP contribution is 2.51. The van der Waals surface area contributed by atoms with Crippen molar-refractivity contribution in [3.05, 3.63) is 118 Å². The number of carbonyl (C=O) groups excluding carboxylic acids is 1. The number of carbonyl (C=O) groups is 1. The number of amidine groups is 1. The molecule has 176 valence electrons. The maximum atomic E-state index is 13.8. The van der Waals surface area contributed by atoms with E-state index < -0.39 is 5.92 Å². The lowest BCUT2D eigenvalue weighted by Crippen LogP contribution is -2.45. The van der Waals surface area contributed by atoms with E-state index >= 15 is 0 Å². The molecule has 0 bridgehead atoms. The number of hydrogen-bond acceptors (Lipinski definition) is 3. The highest BCUT2D eigenvalue weighted by Gasteiger charge is 2.46. The first-order valence-corrected chi connectivity index (χ1v) is 12.0. The fourth-order valence-electron chi connectivity index (χ4n) is 5.32. The summed E-state index contributed by atoms with van der Waals surface area (Å²) >= 11 is 0. The first-order chi connectivity index (χ1) is 16.8. The monoisotopic (exact) mass is 462 g/mol. The normalized spacial score (nSPS) is 21.1. The number of allylic oxidation sites excluding steroid dienone is 2. The molecule has 1 heterocycles. The number of hydrogen-bond donors (Lipinski definition) is 2. The van der Waals surface area contributed by atoms with Crippen LogP contribution >= 0.6 is 0 Å². The topological polar surface area (TPSA) is 64.4 Å². The Kier molecular flexibility index (Phi) is 5.68. The summed E-state index contributed by atoms with van der Waals surface area (Å²) in [5, 5.41) is 21.1. The Bertz CT molecular complexity index is 1350. The van der Waals surface area contributed by atoms with Crippen molar-refractivity contribution in [1.82, 2.24) is 0 Å². The molecule has 1 aliphatic carbocycles. The Balaban J connectivity index is 1.84. The van der Waals surface area contributed by atoms with Gasteiger partial charge in [-0.25, -0.2) is 0 Å². The van der Waals surface area contributed by atoms with Gasteiger partial charge in [-0.2, -0.15) is 0 Å². The number of nitrogens with zero attached hydrogens (tertiary/aromatic N) is 1. The van der Waals surface area contributed by atoms with Crippen LogP contribution < -0.4 is 4.90 Å². The molecule has 0 radical (unpaired) electrons. The third-order valence-electron chi connectivity index (χ3n) is 6.95. The van der Waals surface area contributed by atoms with Crippen LogP contribution in [-0.4, -0.2) is 16.7 Å². The lowest BCUT2D eigenvalue weighted by molar-refractivity contribution is -0.118. The molecule has 0 saturated carbocycles. The summed E-state index contributed by atoms with van der Waals surface area (Å²) in [6.45, 7) is 6.21. The Hall–Kier alpha value is -3.92. The predicted molar refractivity (Wildman–Crippen MR) is 142 cm³/mol. The van der Waals surface area contributed by atoms with Crippen LogP contribution in [0.2, 0.25) is 0 Å². The number of anilines is 1. The molecular weight excluding hydrogens is 432 g/mol. The molecule has 2 aliphatic rings. The second-order valence-corrected chi connectivity index (χ2v) is 10.3. The van der Waals surface area contributed by atoms with Gasteiger partial charge in [-0.05, 0) is 36.5 Å². The van der Waals surface area contributed by atoms with E-state index in [9.17, 15) is 15.3 Å². The van der Waals surface area contributed by atoms with Gasteiger partial charge in [-0.1, -0.05) is 92.2 Å². The van der Waals surface area contributed by atoms with Crippen LogP contribution in [0.25, 0.3) is 5.76 Å².